The van der Waals surface area contributed by atoms with Gasteiger partial charge in [0.15, 0.2) is 11.6 Å². The summed E-state index contributed by atoms with van der Waals surface area (Å²) in [6.07, 6.45) is 0.686. The Balaban J connectivity index is 2.11. The minimum Gasteiger partial charge on any atom is -0.326 e. The summed E-state index contributed by atoms with van der Waals surface area (Å²) in [5.74, 6) is -2.78. The van der Waals surface area contributed by atoms with Crippen LogP contribution in [0.2, 0.25) is 0 Å². The fourth-order valence-electron chi connectivity index (χ4n) is 2.22. The molecule has 0 heterocycles. The Morgan fingerprint density at radius 1 is 1.19 bits per heavy atom. The average molecular weight is 379 g/mol. The van der Waals surface area contributed by atoms with Crippen LogP contribution in [0.5, 0.6) is 0 Å². The zero-order chi connectivity index (χ0) is 19.3. The number of sulfonamides is 1. The van der Waals surface area contributed by atoms with Gasteiger partial charge in [0.1, 0.15) is 0 Å². The summed E-state index contributed by atoms with van der Waals surface area (Å²) in [6.45, 7) is -0.256. The Hall–Kier alpha value is -2.99. The second-order valence-electron chi connectivity index (χ2n) is 5.42. The Morgan fingerprint density at radius 3 is 2.54 bits per heavy atom. The standard InChI is InChI=1S/C17H15F2N3O3S/c1-26(24,25)22(14-5-6-15(18)16(19)10-14)8-7-17(23)21-13-4-2-3-12(9-13)11-20/h2-6,9-10H,7-8H2,1H3,(H,21,23). The van der Waals surface area contributed by atoms with Gasteiger partial charge in [0, 0.05) is 24.7 Å². The molecule has 6 nitrogen and oxygen atoms in total. The van der Waals surface area contributed by atoms with Crippen molar-refractivity contribution in [2.24, 2.45) is 0 Å². The predicted molar refractivity (Wildman–Crippen MR) is 93.0 cm³/mol. The normalized spacial score (nSPS) is 10.8. The summed E-state index contributed by atoms with van der Waals surface area (Å²) in [7, 11) is -3.81. The largest absolute Gasteiger partial charge is 0.326 e. The van der Waals surface area contributed by atoms with Crippen molar-refractivity contribution < 1.29 is 22.0 Å². The number of nitrogens with one attached hydrogen (secondary N) is 1. The van der Waals surface area contributed by atoms with Crippen LogP contribution in [0.25, 0.3) is 0 Å². The van der Waals surface area contributed by atoms with Gasteiger partial charge in [0.05, 0.1) is 23.6 Å². The number of hydrogen-bond acceptors (Lipinski definition) is 4. The van der Waals surface area contributed by atoms with Crippen LogP contribution in [0.15, 0.2) is 42.5 Å². The quantitative estimate of drug-likeness (QED) is 0.835. The van der Waals surface area contributed by atoms with Gasteiger partial charge in [0.2, 0.25) is 15.9 Å². The summed E-state index contributed by atoms with van der Waals surface area (Å²) in [5, 5.41) is 11.4. The lowest BCUT2D eigenvalue weighted by molar-refractivity contribution is -0.116. The molecule has 0 aliphatic heterocycles. The number of rotatable bonds is 6. The maximum atomic E-state index is 13.4. The third-order valence-corrected chi connectivity index (χ3v) is 4.60. The molecule has 0 fully saturated rings. The van der Waals surface area contributed by atoms with Crippen molar-refractivity contribution in [1.82, 2.24) is 0 Å². The van der Waals surface area contributed by atoms with E-state index in [0.717, 1.165) is 28.8 Å². The molecular formula is C17H15F2N3O3S. The van der Waals surface area contributed by atoms with Crippen molar-refractivity contribution >= 4 is 27.3 Å². The van der Waals surface area contributed by atoms with Crippen molar-refractivity contribution in [3.8, 4) is 6.07 Å². The molecule has 2 aromatic carbocycles. The third-order valence-electron chi connectivity index (χ3n) is 3.41. The van der Waals surface area contributed by atoms with E-state index in [9.17, 15) is 22.0 Å². The highest BCUT2D eigenvalue weighted by Gasteiger charge is 2.20. The van der Waals surface area contributed by atoms with Crippen LogP contribution >= 0.6 is 0 Å². The molecule has 0 bridgehead atoms. The van der Waals surface area contributed by atoms with E-state index in [0.29, 0.717) is 11.3 Å². The molecule has 136 valence electrons. The number of benzene rings is 2. The molecule has 1 N–H and O–H groups in total. The molecule has 1 amide bonds. The molecule has 0 aliphatic carbocycles. The second kappa shape index (κ2) is 7.93. The maximum absolute atomic E-state index is 13.4. The fraction of sp³-hybridized carbons (Fsp3) is 0.176. The minimum atomic E-state index is -3.81. The van der Waals surface area contributed by atoms with Crippen LogP contribution in [0.1, 0.15) is 12.0 Å². The van der Waals surface area contributed by atoms with Gasteiger partial charge in [0.25, 0.3) is 0 Å². The van der Waals surface area contributed by atoms with E-state index in [-0.39, 0.29) is 18.7 Å². The lowest BCUT2D eigenvalue weighted by atomic mass is 10.2. The Kier molecular flexibility index (Phi) is 5.90. The highest BCUT2D eigenvalue weighted by atomic mass is 32.2. The van der Waals surface area contributed by atoms with E-state index >= 15 is 0 Å². The first kappa shape index (κ1) is 19.3. The number of carbonyl (C=O) groups excluding carboxylic acids is 1. The van der Waals surface area contributed by atoms with Gasteiger partial charge in [-0.2, -0.15) is 5.26 Å². The SMILES string of the molecule is CS(=O)(=O)N(CCC(=O)Nc1cccc(C#N)c1)c1ccc(F)c(F)c1. The fourth-order valence-corrected chi connectivity index (χ4v) is 3.14. The van der Waals surface area contributed by atoms with Crippen molar-refractivity contribution in [1.29, 1.82) is 5.26 Å². The predicted octanol–water partition coefficient (Wildman–Crippen LogP) is 2.63. The van der Waals surface area contributed by atoms with E-state index in [2.05, 4.69) is 5.32 Å². The smallest absolute Gasteiger partial charge is 0.232 e. The molecule has 0 aromatic heterocycles. The molecular weight excluding hydrogens is 364 g/mol. The lowest BCUT2D eigenvalue weighted by Crippen LogP contribution is -2.33. The zero-order valence-electron chi connectivity index (χ0n) is 13.7. The first-order valence-electron chi connectivity index (χ1n) is 7.43. The molecule has 0 atom stereocenters. The van der Waals surface area contributed by atoms with Crippen LogP contribution in [0, 0.1) is 23.0 Å². The molecule has 2 rings (SSSR count). The summed E-state index contributed by atoms with van der Waals surface area (Å²) in [5.41, 5.74) is 0.681. The molecule has 0 aliphatic rings. The molecule has 0 spiro atoms. The van der Waals surface area contributed by atoms with E-state index in [1.165, 1.54) is 6.07 Å². The zero-order valence-corrected chi connectivity index (χ0v) is 14.6. The summed E-state index contributed by atoms with van der Waals surface area (Å²) >= 11 is 0. The van der Waals surface area contributed by atoms with E-state index in [4.69, 9.17) is 5.26 Å². The number of nitrogens with zero attached hydrogens (tertiary/aromatic N) is 2. The van der Waals surface area contributed by atoms with Crippen molar-refractivity contribution in [2.75, 3.05) is 22.4 Å². The summed E-state index contributed by atoms with van der Waals surface area (Å²) in [4.78, 5) is 12.0. The van der Waals surface area contributed by atoms with Crippen LogP contribution in [-0.2, 0) is 14.8 Å². The average Bonchev–Trinajstić information content (AvgIpc) is 2.57. The van der Waals surface area contributed by atoms with Gasteiger partial charge in [-0.15, -0.1) is 0 Å². The highest BCUT2D eigenvalue weighted by molar-refractivity contribution is 7.92. The van der Waals surface area contributed by atoms with Gasteiger partial charge in [-0.3, -0.25) is 9.10 Å². The monoisotopic (exact) mass is 379 g/mol. The first-order chi connectivity index (χ1) is 12.2. The minimum absolute atomic E-state index is 0.0781. The summed E-state index contributed by atoms with van der Waals surface area (Å²) in [6, 6.07) is 10.9. The Morgan fingerprint density at radius 2 is 1.92 bits per heavy atom. The van der Waals surface area contributed by atoms with Crippen LogP contribution in [-0.4, -0.2) is 27.1 Å². The van der Waals surface area contributed by atoms with Crippen LogP contribution in [0.3, 0.4) is 0 Å². The van der Waals surface area contributed by atoms with E-state index < -0.39 is 27.6 Å². The third kappa shape index (κ3) is 5.00. The molecule has 26 heavy (non-hydrogen) atoms. The number of carbonyl (C=O) groups is 1. The molecule has 9 heteroatoms. The van der Waals surface area contributed by atoms with E-state index in [1.54, 1.807) is 18.2 Å². The lowest BCUT2D eigenvalue weighted by Gasteiger charge is -2.22. The Labute approximate surface area is 149 Å². The topological polar surface area (TPSA) is 90.3 Å². The first-order valence-corrected chi connectivity index (χ1v) is 9.28. The number of anilines is 2. The van der Waals surface area contributed by atoms with Gasteiger partial charge in [-0.1, -0.05) is 6.07 Å². The van der Waals surface area contributed by atoms with Gasteiger partial charge in [-0.05, 0) is 30.3 Å². The highest BCUT2D eigenvalue weighted by Crippen LogP contribution is 2.21. The van der Waals surface area contributed by atoms with Gasteiger partial charge < -0.3 is 5.32 Å². The number of halogens is 2. The molecule has 2 aromatic rings. The Bertz CT molecular complexity index is 971. The van der Waals surface area contributed by atoms with Crippen molar-refractivity contribution in [3.05, 3.63) is 59.7 Å². The van der Waals surface area contributed by atoms with Gasteiger partial charge in [-0.25, -0.2) is 17.2 Å². The molecule has 0 radical (unpaired) electrons. The van der Waals surface area contributed by atoms with Crippen molar-refractivity contribution in [2.45, 2.75) is 6.42 Å². The van der Waals surface area contributed by atoms with Crippen LogP contribution in [0.4, 0.5) is 20.2 Å². The molecule has 0 saturated carbocycles. The second-order valence-corrected chi connectivity index (χ2v) is 7.33. The maximum Gasteiger partial charge on any atom is 0.232 e. The van der Waals surface area contributed by atoms with Crippen molar-refractivity contribution in [3.63, 3.8) is 0 Å². The number of amides is 1. The summed E-state index contributed by atoms with van der Waals surface area (Å²) < 4.78 is 51.1. The van der Waals surface area contributed by atoms with E-state index in [1.807, 2.05) is 6.07 Å². The molecule has 0 unspecified atom stereocenters. The molecule has 0 saturated heterocycles. The number of nitriles is 1. The van der Waals surface area contributed by atoms with Crippen LogP contribution < -0.4 is 9.62 Å². The number of hydrogen-bond donors (Lipinski definition) is 1. The van der Waals surface area contributed by atoms with Gasteiger partial charge >= 0.3 is 0 Å².